The van der Waals surface area contributed by atoms with E-state index in [-0.39, 0.29) is 38.6 Å². The van der Waals surface area contributed by atoms with Gasteiger partial charge in [0.2, 0.25) is 0 Å². The first kappa shape index (κ1) is 74.2. The van der Waals surface area contributed by atoms with Gasteiger partial charge in [-0.2, -0.15) is 0 Å². The minimum Gasteiger partial charge on any atom is -0.477 e. The zero-order valence-corrected chi connectivity index (χ0v) is 51.1. The maximum atomic E-state index is 12.9. The number of esters is 2. The summed E-state index contributed by atoms with van der Waals surface area (Å²) in [5.41, 5.74) is 0. The molecule has 0 saturated heterocycles. The molecule has 0 radical (unpaired) electrons. The predicted octanol–water partition coefficient (Wildman–Crippen LogP) is 19.3. The van der Waals surface area contributed by atoms with Crippen LogP contribution in [0.15, 0.2) is 97.2 Å². The molecule has 2 unspecified atom stereocenters. The lowest BCUT2D eigenvalue weighted by molar-refractivity contribution is -0.870. The van der Waals surface area contributed by atoms with Crippen molar-refractivity contribution in [2.75, 3.05) is 47.5 Å². The number of carbonyl (C=O) groups is 3. The molecule has 0 heterocycles. The van der Waals surface area contributed by atoms with Crippen molar-refractivity contribution in [3.63, 3.8) is 0 Å². The topological polar surface area (TPSA) is 108 Å². The van der Waals surface area contributed by atoms with Crippen molar-refractivity contribution in [1.29, 1.82) is 0 Å². The lowest BCUT2D eigenvalue weighted by atomic mass is 10.0. The predicted molar refractivity (Wildman–Crippen MR) is 332 cm³/mol. The maximum absolute atomic E-state index is 12.9. The van der Waals surface area contributed by atoms with Gasteiger partial charge in [-0.3, -0.25) is 9.59 Å². The molecule has 0 bridgehead atoms. The SMILES string of the molecule is CC/C=C\C/C=C\C/C=C\C/C=C\C/C=C\C/C=C\CCCCCCCCCCCCCCCCCCCCCCC(=O)OC(COC(=O)CCCCCCC/C=C\C/C=C\CCCC)COC(OCC[N+](C)(C)C)C(=O)O. The molecule has 0 saturated carbocycles. The number of carboxylic acid groups (broad SMARTS) is 1. The van der Waals surface area contributed by atoms with Crippen LogP contribution in [0.25, 0.3) is 0 Å². The molecule has 2 atom stereocenters. The van der Waals surface area contributed by atoms with E-state index < -0.39 is 24.3 Å². The van der Waals surface area contributed by atoms with Crippen LogP contribution in [0, 0.1) is 0 Å². The van der Waals surface area contributed by atoms with Gasteiger partial charge in [0.1, 0.15) is 13.2 Å². The summed E-state index contributed by atoms with van der Waals surface area (Å²) in [7, 11) is 5.96. The highest BCUT2D eigenvalue weighted by molar-refractivity contribution is 5.71. The van der Waals surface area contributed by atoms with E-state index in [1.165, 1.54) is 128 Å². The summed E-state index contributed by atoms with van der Waals surface area (Å²) >= 11 is 0. The summed E-state index contributed by atoms with van der Waals surface area (Å²) in [5.74, 6) is -2.02. The number of ether oxygens (including phenoxy) is 4. The molecule has 0 fully saturated rings. The van der Waals surface area contributed by atoms with E-state index in [2.05, 4.69) is 111 Å². The number of likely N-dealkylation sites (N-methyl/N-ethyl adjacent to an activating group) is 1. The normalized spacial score (nSPS) is 13.4. The summed E-state index contributed by atoms with van der Waals surface area (Å²) < 4.78 is 22.9. The van der Waals surface area contributed by atoms with Crippen molar-refractivity contribution >= 4 is 17.9 Å². The summed E-state index contributed by atoms with van der Waals surface area (Å²) in [4.78, 5) is 37.4. The monoisotopic (exact) mass is 1090 g/mol. The largest absolute Gasteiger partial charge is 0.477 e. The second-order valence-electron chi connectivity index (χ2n) is 22.3. The van der Waals surface area contributed by atoms with Crippen molar-refractivity contribution in [2.45, 2.75) is 277 Å². The molecule has 0 aromatic heterocycles. The van der Waals surface area contributed by atoms with E-state index >= 15 is 0 Å². The van der Waals surface area contributed by atoms with Gasteiger partial charge in [0.05, 0.1) is 34.4 Å². The number of nitrogens with zero attached hydrogens (tertiary/aromatic N) is 1. The second kappa shape index (κ2) is 59.3. The number of hydrogen-bond acceptors (Lipinski definition) is 7. The van der Waals surface area contributed by atoms with Crippen LogP contribution in [0.4, 0.5) is 0 Å². The van der Waals surface area contributed by atoms with Gasteiger partial charge in [0.15, 0.2) is 6.10 Å². The van der Waals surface area contributed by atoms with E-state index in [0.717, 1.165) is 109 Å². The number of quaternary nitrogens is 1. The molecule has 0 aromatic carbocycles. The van der Waals surface area contributed by atoms with E-state index in [4.69, 9.17) is 18.9 Å². The molecule has 0 spiro atoms. The summed E-state index contributed by atoms with van der Waals surface area (Å²) in [6, 6.07) is 0. The van der Waals surface area contributed by atoms with Gasteiger partial charge in [-0.1, -0.05) is 259 Å². The molecule has 0 aliphatic heterocycles. The van der Waals surface area contributed by atoms with Crippen LogP contribution in [0.5, 0.6) is 0 Å². The Morgan fingerprint density at radius 2 is 0.731 bits per heavy atom. The van der Waals surface area contributed by atoms with Gasteiger partial charge in [-0.15, -0.1) is 0 Å². The average molecular weight is 1090 g/mol. The number of allylic oxidation sites excluding steroid dienone is 16. The van der Waals surface area contributed by atoms with Crippen LogP contribution in [0.2, 0.25) is 0 Å². The van der Waals surface area contributed by atoms with E-state index in [1.807, 2.05) is 21.1 Å². The maximum Gasteiger partial charge on any atom is 0.361 e. The summed E-state index contributed by atoms with van der Waals surface area (Å²) in [6.45, 7) is 4.71. The van der Waals surface area contributed by atoms with Crippen LogP contribution in [-0.4, -0.2) is 87.4 Å². The third-order valence-corrected chi connectivity index (χ3v) is 13.6. The Morgan fingerprint density at radius 1 is 0.397 bits per heavy atom. The molecule has 9 nitrogen and oxygen atoms in total. The minimum atomic E-state index is -1.52. The molecule has 9 heteroatoms. The molecule has 0 amide bonds. The van der Waals surface area contributed by atoms with Gasteiger partial charge in [0.25, 0.3) is 6.29 Å². The number of rotatable bonds is 58. The molecule has 78 heavy (non-hydrogen) atoms. The van der Waals surface area contributed by atoms with Crippen LogP contribution < -0.4 is 0 Å². The molecule has 1 N–H and O–H groups in total. The standard InChI is InChI=1S/C69H119NO8/c1-6-8-10-12-14-16-18-20-22-23-24-25-26-27-28-29-30-31-32-33-34-35-36-37-38-39-40-41-42-43-44-45-46-48-50-52-54-56-58-60-67(72)78-65(64-77-69(68(73)74)75-62-61-70(3,4)5)63-76-66(71)59-57-55-53-51-49-47-21-19-17-15-13-11-9-7-2/h8,10,13-16,19-22,24-25,27-28,30-31,65,69H,6-7,9,11-12,17-18,23,26,29,32-64H2,1-5H3/p+1/b10-8-,15-13-,16-14-,21-19-,22-20-,25-24-,28-27-,31-30-. The Labute approximate surface area is 480 Å². The highest BCUT2D eigenvalue weighted by Gasteiger charge is 2.25. The molecule has 0 rings (SSSR count). The highest BCUT2D eigenvalue weighted by atomic mass is 16.7. The lowest BCUT2D eigenvalue weighted by Gasteiger charge is -2.25. The fourth-order valence-corrected chi connectivity index (χ4v) is 8.68. The Balaban J connectivity index is 4.01. The molecular weight excluding hydrogens is 971 g/mol. The number of hydrogen-bond donors (Lipinski definition) is 1. The van der Waals surface area contributed by atoms with E-state index in [0.29, 0.717) is 11.0 Å². The molecule has 448 valence electrons. The molecule has 0 aliphatic rings. The zero-order valence-electron chi connectivity index (χ0n) is 51.1. The summed E-state index contributed by atoms with van der Waals surface area (Å²) in [6.07, 6.45) is 78.0. The van der Waals surface area contributed by atoms with Crippen molar-refractivity contribution in [3.05, 3.63) is 97.2 Å². The smallest absolute Gasteiger partial charge is 0.361 e. The second-order valence-corrected chi connectivity index (χ2v) is 22.3. The molecule has 0 aromatic rings. The summed E-state index contributed by atoms with van der Waals surface area (Å²) in [5, 5.41) is 9.70. The highest BCUT2D eigenvalue weighted by Crippen LogP contribution is 2.17. The Hall–Kier alpha value is -3.79. The first-order valence-electron chi connectivity index (χ1n) is 31.9. The number of carboxylic acids is 1. The molecule has 0 aliphatic carbocycles. The fourth-order valence-electron chi connectivity index (χ4n) is 8.68. The van der Waals surface area contributed by atoms with Gasteiger partial charge in [0, 0.05) is 12.8 Å². The number of carbonyl (C=O) groups excluding carboxylic acids is 2. The van der Waals surface area contributed by atoms with Gasteiger partial charge < -0.3 is 28.5 Å². The van der Waals surface area contributed by atoms with Gasteiger partial charge in [-0.05, 0) is 89.9 Å². The third kappa shape index (κ3) is 59.9. The van der Waals surface area contributed by atoms with Crippen LogP contribution in [0.1, 0.15) is 264 Å². The number of aliphatic carboxylic acids is 1. The first-order chi connectivity index (χ1) is 38.1. The van der Waals surface area contributed by atoms with Crippen molar-refractivity contribution in [3.8, 4) is 0 Å². The van der Waals surface area contributed by atoms with Crippen LogP contribution >= 0.6 is 0 Å². The first-order valence-corrected chi connectivity index (χ1v) is 31.9. The fraction of sp³-hybridized carbons (Fsp3) is 0.725. The van der Waals surface area contributed by atoms with E-state index in [9.17, 15) is 19.5 Å². The van der Waals surface area contributed by atoms with Crippen LogP contribution in [0.3, 0.4) is 0 Å². The minimum absolute atomic E-state index is 0.184. The average Bonchev–Trinajstić information content (AvgIpc) is 3.41. The van der Waals surface area contributed by atoms with Crippen LogP contribution in [-0.2, 0) is 33.3 Å². The third-order valence-electron chi connectivity index (χ3n) is 13.6. The number of unbranched alkanes of at least 4 members (excludes halogenated alkanes) is 27. The Kier molecular flexibility index (Phi) is 56.5. The quantitative estimate of drug-likeness (QED) is 0.0211. The zero-order chi connectivity index (χ0) is 56.9. The Bertz CT molecular complexity index is 1600. The van der Waals surface area contributed by atoms with Crippen molar-refractivity contribution < 1.29 is 42.9 Å². The lowest BCUT2D eigenvalue weighted by Crippen LogP contribution is -2.40. The van der Waals surface area contributed by atoms with Crippen molar-refractivity contribution in [1.82, 2.24) is 0 Å². The van der Waals surface area contributed by atoms with E-state index in [1.54, 1.807) is 0 Å². The van der Waals surface area contributed by atoms with Crippen molar-refractivity contribution in [2.24, 2.45) is 0 Å². The molecular formula is C69H120NO8+. The van der Waals surface area contributed by atoms with Gasteiger partial charge in [-0.25, -0.2) is 4.79 Å². The van der Waals surface area contributed by atoms with Gasteiger partial charge >= 0.3 is 17.9 Å². The Morgan fingerprint density at radius 3 is 1.09 bits per heavy atom.